The number of thioether (sulfide) groups is 2. The molecule has 2 aromatic carbocycles. The van der Waals surface area contributed by atoms with Gasteiger partial charge >= 0.3 is 10.1 Å². The van der Waals surface area contributed by atoms with Crippen molar-refractivity contribution in [1.82, 2.24) is 4.98 Å². The molecule has 5 nitrogen and oxygen atoms in total. The molecule has 1 aliphatic heterocycles. The molecule has 2 heterocycles. The van der Waals surface area contributed by atoms with E-state index in [1.165, 1.54) is 13.2 Å². The van der Waals surface area contributed by atoms with Crippen LogP contribution in [0.2, 0.25) is 0 Å². The zero-order chi connectivity index (χ0) is 19.7. The molecule has 0 radical (unpaired) electrons. The van der Waals surface area contributed by atoms with Crippen LogP contribution < -0.4 is 8.92 Å². The van der Waals surface area contributed by atoms with E-state index in [-0.39, 0.29) is 10.6 Å². The normalized spacial score (nSPS) is 15.1. The summed E-state index contributed by atoms with van der Waals surface area (Å²) >= 11 is 3.75. The lowest BCUT2D eigenvalue weighted by atomic mass is 10.2. The van der Waals surface area contributed by atoms with Crippen molar-refractivity contribution >= 4 is 44.5 Å². The minimum absolute atomic E-state index is 0.0398. The first kappa shape index (κ1) is 19.4. The van der Waals surface area contributed by atoms with Crippen molar-refractivity contribution in [2.24, 2.45) is 0 Å². The Labute approximate surface area is 173 Å². The zero-order valence-corrected chi connectivity index (χ0v) is 17.9. The third kappa shape index (κ3) is 3.81. The summed E-state index contributed by atoms with van der Waals surface area (Å²) in [6, 6.07) is 12.3. The van der Waals surface area contributed by atoms with Crippen molar-refractivity contribution in [3.63, 3.8) is 0 Å². The molecule has 8 heteroatoms. The van der Waals surface area contributed by atoms with E-state index in [4.69, 9.17) is 8.92 Å². The lowest BCUT2D eigenvalue weighted by molar-refractivity contribution is 0.390. The molecule has 1 saturated heterocycles. The van der Waals surface area contributed by atoms with Gasteiger partial charge in [0.15, 0.2) is 11.5 Å². The van der Waals surface area contributed by atoms with Crippen LogP contribution in [0, 0.1) is 6.92 Å². The molecule has 0 amide bonds. The standard InChI is InChI=1S/C20H19NO4S3/c1-13-10-14-4-3-5-18(19(14)21-12-13)28(22,23)25-16-7-6-15(11-17(16)24-2)20-26-8-9-27-20/h3-7,10-12,20H,8-9H2,1-2H3. The van der Waals surface area contributed by atoms with Crippen LogP contribution in [0.5, 0.6) is 11.5 Å². The predicted molar refractivity (Wildman–Crippen MR) is 115 cm³/mol. The van der Waals surface area contributed by atoms with Crippen molar-refractivity contribution in [2.45, 2.75) is 16.4 Å². The molecular weight excluding hydrogens is 414 g/mol. The van der Waals surface area contributed by atoms with Crippen molar-refractivity contribution in [3.05, 3.63) is 59.8 Å². The van der Waals surface area contributed by atoms with Crippen LogP contribution in [-0.2, 0) is 10.1 Å². The Morgan fingerprint density at radius 2 is 1.86 bits per heavy atom. The monoisotopic (exact) mass is 433 g/mol. The van der Waals surface area contributed by atoms with E-state index >= 15 is 0 Å². The lowest BCUT2D eigenvalue weighted by Gasteiger charge is -2.15. The van der Waals surface area contributed by atoms with Gasteiger partial charge in [-0.25, -0.2) is 0 Å². The third-order valence-corrected chi connectivity index (χ3v) is 8.73. The van der Waals surface area contributed by atoms with Crippen molar-refractivity contribution in [1.29, 1.82) is 0 Å². The van der Waals surface area contributed by atoms with Crippen LogP contribution in [0.15, 0.2) is 53.6 Å². The molecule has 0 bridgehead atoms. The van der Waals surface area contributed by atoms with Crippen molar-refractivity contribution in [3.8, 4) is 11.5 Å². The van der Waals surface area contributed by atoms with E-state index < -0.39 is 10.1 Å². The number of fused-ring (bicyclic) bond motifs is 1. The van der Waals surface area contributed by atoms with Gasteiger partial charge in [0.25, 0.3) is 0 Å². The zero-order valence-electron chi connectivity index (χ0n) is 15.4. The molecule has 0 spiro atoms. The first-order chi connectivity index (χ1) is 13.5. The van der Waals surface area contributed by atoms with Crippen LogP contribution in [-0.4, -0.2) is 32.0 Å². The number of aromatic nitrogens is 1. The molecule has 0 atom stereocenters. The smallest absolute Gasteiger partial charge is 0.341 e. The second-order valence-electron chi connectivity index (χ2n) is 6.36. The molecule has 1 fully saturated rings. The number of nitrogens with zero attached hydrogens (tertiary/aromatic N) is 1. The summed E-state index contributed by atoms with van der Waals surface area (Å²) in [7, 11) is -2.56. The van der Waals surface area contributed by atoms with E-state index in [2.05, 4.69) is 4.98 Å². The summed E-state index contributed by atoms with van der Waals surface area (Å²) in [6.07, 6.45) is 1.65. The number of methoxy groups -OCH3 is 1. The molecule has 3 aromatic rings. The van der Waals surface area contributed by atoms with Gasteiger partial charge in [0.2, 0.25) is 0 Å². The molecule has 28 heavy (non-hydrogen) atoms. The molecule has 146 valence electrons. The second kappa shape index (κ2) is 7.85. The molecule has 1 aliphatic rings. The highest BCUT2D eigenvalue weighted by atomic mass is 32.2. The van der Waals surface area contributed by atoms with Gasteiger partial charge in [-0.15, -0.1) is 23.5 Å². The fourth-order valence-electron chi connectivity index (χ4n) is 3.06. The molecule has 0 saturated carbocycles. The Bertz CT molecular complexity index is 1130. The molecule has 0 N–H and O–H groups in total. The van der Waals surface area contributed by atoms with Gasteiger partial charge in [-0.05, 0) is 42.3 Å². The SMILES string of the molecule is COc1cc(C2SCCS2)ccc1OS(=O)(=O)c1cccc2cc(C)cnc12. The van der Waals surface area contributed by atoms with Gasteiger partial charge in [0.1, 0.15) is 4.90 Å². The van der Waals surface area contributed by atoms with E-state index in [1.807, 2.05) is 54.7 Å². The number of ether oxygens (including phenoxy) is 1. The van der Waals surface area contributed by atoms with Gasteiger partial charge in [0.05, 0.1) is 17.2 Å². The second-order valence-corrected chi connectivity index (χ2v) is 10.6. The molecule has 0 unspecified atom stereocenters. The Hall–Kier alpha value is -1.90. The Morgan fingerprint density at radius 3 is 2.61 bits per heavy atom. The summed E-state index contributed by atoms with van der Waals surface area (Å²) < 4.78 is 37.2. The van der Waals surface area contributed by atoms with Crippen molar-refractivity contribution in [2.75, 3.05) is 18.6 Å². The molecular formula is C20H19NO4S3. The van der Waals surface area contributed by atoms with Gasteiger partial charge in [-0.1, -0.05) is 18.2 Å². The van der Waals surface area contributed by atoms with E-state index in [0.29, 0.717) is 15.8 Å². The van der Waals surface area contributed by atoms with Gasteiger partial charge in [-0.2, -0.15) is 8.42 Å². The fraction of sp³-hybridized carbons (Fsp3) is 0.250. The quantitative estimate of drug-likeness (QED) is 0.536. The number of pyridine rings is 1. The molecule has 4 rings (SSSR count). The van der Waals surface area contributed by atoms with Crippen LogP contribution in [0.4, 0.5) is 0 Å². The highest BCUT2D eigenvalue weighted by Gasteiger charge is 2.24. The summed E-state index contributed by atoms with van der Waals surface area (Å²) in [6.45, 7) is 1.91. The highest BCUT2D eigenvalue weighted by molar-refractivity contribution is 8.19. The first-order valence-electron chi connectivity index (χ1n) is 8.69. The lowest BCUT2D eigenvalue weighted by Crippen LogP contribution is -2.11. The summed E-state index contributed by atoms with van der Waals surface area (Å²) in [5.74, 6) is 2.79. The number of hydrogen-bond acceptors (Lipinski definition) is 7. The maximum atomic E-state index is 13.0. The minimum Gasteiger partial charge on any atom is -0.493 e. The largest absolute Gasteiger partial charge is 0.493 e. The van der Waals surface area contributed by atoms with Crippen LogP contribution in [0.1, 0.15) is 15.7 Å². The number of aryl methyl sites for hydroxylation is 1. The Balaban J connectivity index is 1.70. The van der Waals surface area contributed by atoms with Crippen LogP contribution in [0.25, 0.3) is 10.9 Å². The maximum absolute atomic E-state index is 13.0. The number of hydrogen-bond donors (Lipinski definition) is 0. The summed E-state index contributed by atoms with van der Waals surface area (Å²) in [4.78, 5) is 4.34. The van der Waals surface area contributed by atoms with Gasteiger partial charge in [0, 0.05) is 23.1 Å². The number of para-hydroxylation sites is 1. The topological polar surface area (TPSA) is 65.5 Å². The third-order valence-electron chi connectivity index (χ3n) is 4.36. The molecule has 0 aliphatic carbocycles. The summed E-state index contributed by atoms with van der Waals surface area (Å²) in [5.41, 5.74) is 2.45. The highest BCUT2D eigenvalue weighted by Crippen LogP contribution is 2.47. The van der Waals surface area contributed by atoms with Gasteiger partial charge in [-0.3, -0.25) is 4.98 Å². The van der Waals surface area contributed by atoms with E-state index in [1.54, 1.807) is 18.3 Å². The van der Waals surface area contributed by atoms with E-state index in [9.17, 15) is 8.42 Å². The number of benzene rings is 2. The van der Waals surface area contributed by atoms with Crippen molar-refractivity contribution < 1.29 is 17.3 Å². The minimum atomic E-state index is -4.07. The van der Waals surface area contributed by atoms with Crippen LogP contribution in [0.3, 0.4) is 0 Å². The average molecular weight is 434 g/mol. The Morgan fingerprint density at radius 1 is 1.07 bits per heavy atom. The van der Waals surface area contributed by atoms with Crippen LogP contribution >= 0.6 is 23.5 Å². The van der Waals surface area contributed by atoms with Gasteiger partial charge < -0.3 is 8.92 Å². The van der Waals surface area contributed by atoms with E-state index in [0.717, 1.165) is 28.0 Å². The molecule has 1 aromatic heterocycles. The maximum Gasteiger partial charge on any atom is 0.341 e. The first-order valence-corrected chi connectivity index (χ1v) is 12.2. The average Bonchev–Trinajstić information content (AvgIpc) is 3.22. The fourth-order valence-corrected chi connectivity index (χ4v) is 7.01. The Kier molecular flexibility index (Phi) is 5.44. The summed E-state index contributed by atoms with van der Waals surface area (Å²) in [5, 5.41) is 0.752. The predicted octanol–water partition coefficient (Wildman–Crippen LogP) is 4.80. The number of rotatable bonds is 5.